The lowest BCUT2D eigenvalue weighted by atomic mass is 10.1. The van der Waals surface area contributed by atoms with E-state index in [1.165, 1.54) is 0 Å². The first-order valence-corrected chi connectivity index (χ1v) is 7.00. The van der Waals surface area contributed by atoms with E-state index in [2.05, 4.69) is 10.7 Å². The number of carbonyl (C=O) groups excluding carboxylic acids is 2. The van der Waals surface area contributed by atoms with Crippen molar-refractivity contribution in [1.82, 2.24) is 5.32 Å². The lowest BCUT2D eigenvalue weighted by Crippen LogP contribution is -2.43. The Morgan fingerprint density at radius 3 is 2.70 bits per heavy atom. The quantitative estimate of drug-likeness (QED) is 0.808. The van der Waals surface area contributed by atoms with Crippen molar-refractivity contribution in [3.05, 3.63) is 41.1 Å². The van der Waals surface area contributed by atoms with Crippen LogP contribution in [0.25, 0.3) is 11.1 Å². The summed E-state index contributed by atoms with van der Waals surface area (Å²) in [5, 5.41) is 9.15. The summed E-state index contributed by atoms with van der Waals surface area (Å²) in [4.78, 5) is 22.2. The van der Waals surface area contributed by atoms with Crippen molar-refractivity contribution >= 4 is 29.0 Å². The highest BCUT2D eigenvalue weighted by Crippen LogP contribution is 2.24. The largest absolute Gasteiger partial charge is 0.374 e. The number of amides is 3. The molecule has 0 radical (unpaired) electrons. The highest BCUT2D eigenvalue weighted by Gasteiger charge is 2.14. The summed E-state index contributed by atoms with van der Waals surface area (Å²) in [6.45, 7) is 1.66. The van der Waals surface area contributed by atoms with E-state index >= 15 is 0 Å². The second-order valence-corrected chi connectivity index (χ2v) is 5.09. The maximum atomic E-state index is 11.6. The molecule has 0 unspecified atom stereocenters. The number of hydrogen-bond acceptors (Lipinski definition) is 4. The van der Waals surface area contributed by atoms with Gasteiger partial charge in [-0.25, -0.2) is 4.79 Å². The van der Waals surface area contributed by atoms with Gasteiger partial charge in [0.1, 0.15) is 6.04 Å². The molecule has 2 rings (SSSR count). The van der Waals surface area contributed by atoms with Crippen molar-refractivity contribution in [2.24, 2.45) is 5.73 Å². The summed E-state index contributed by atoms with van der Waals surface area (Å²) in [6, 6.07) is 8.36. The van der Waals surface area contributed by atoms with Gasteiger partial charge in [-0.1, -0.05) is 12.1 Å². The second-order valence-electron chi connectivity index (χ2n) is 4.31. The van der Waals surface area contributed by atoms with Gasteiger partial charge in [0.2, 0.25) is 5.91 Å². The van der Waals surface area contributed by atoms with Crippen molar-refractivity contribution in [1.29, 1.82) is 0 Å². The zero-order valence-electron chi connectivity index (χ0n) is 10.9. The number of urea groups is 1. The van der Waals surface area contributed by atoms with Gasteiger partial charge >= 0.3 is 6.03 Å². The van der Waals surface area contributed by atoms with E-state index in [1.54, 1.807) is 18.3 Å². The molecule has 5 nitrogen and oxygen atoms in total. The molecule has 2 aromatic rings. The first kappa shape index (κ1) is 14.1. The fourth-order valence-corrected chi connectivity index (χ4v) is 2.43. The number of nitrogens with two attached hydrogens (primary N) is 1. The molecule has 0 aliphatic rings. The molecule has 6 heteroatoms. The van der Waals surface area contributed by atoms with Crippen molar-refractivity contribution in [3.63, 3.8) is 0 Å². The van der Waals surface area contributed by atoms with E-state index in [0.29, 0.717) is 0 Å². The Bertz CT molecular complexity index is 611. The molecular formula is C14H15N3O2S. The monoisotopic (exact) mass is 289 g/mol. The van der Waals surface area contributed by atoms with E-state index in [1.807, 2.05) is 41.0 Å². The van der Waals surface area contributed by atoms with Gasteiger partial charge < -0.3 is 11.1 Å². The predicted molar refractivity (Wildman–Crippen MR) is 80.6 cm³/mol. The molecule has 0 bridgehead atoms. The molecule has 4 N–H and O–H groups in total. The first-order valence-electron chi connectivity index (χ1n) is 6.06. The van der Waals surface area contributed by atoms with Crippen molar-refractivity contribution in [2.75, 3.05) is 5.32 Å². The number of thiophene rings is 1. The first-order chi connectivity index (χ1) is 9.56. The number of imide groups is 1. The van der Waals surface area contributed by atoms with Gasteiger partial charge in [-0.2, -0.15) is 11.3 Å². The number of hydrogen-bond donors (Lipinski definition) is 3. The van der Waals surface area contributed by atoms with E-state index in [0.717, 1.165) is 16.8 Å². The molecule has 1 aromatic carbocycles. The predicted octanol–water partition coefficient (Wildman–Crippen LogP) is 2.41. The van der Waals surface area contributed by atoms with Gasteiger partial charge in [0.05, 0.1) is 0 Å². The molecule has 0 aliphatic heterocycles. The fourth-order valence-electron chi connectivity index (χ4n) is 1.76. The smallest absolute Gasteiger partial charge is 0.318 e. The van der Waals surface area contributed by atoms with E-state index < -0.39 is 18.0 Å². The van der Waals surface area contributed by atoms with Gasteiger partial charge in [0, 0.05) is 5.69 Å². The summed E-state index contributed by atoms with van der Waals surface area (Å²) < 4.78 is 0. The van der Waals surface area contributed by atoms with Crippen molar-refractivity contribution in [3.8, 4) is 11.1 Å². The summed E-state index contributed by atoms with van der Waals surface area (Å²) in [5.74, 6) is -0.460. The second kappa shape index (κ2) is 6.21. The maximum Gasteiger partial charge on any atom is 0.318 e. The van der Waals surface area contributed by atoms with Crippen LogP contribution in [0.3, 0.4) is 0 Å². The molecule has 3 amide bonds. The standard InChI is InChI=1S/C14H15N3O2S/c1-9(13(18)17-14(15)19)16-12-4-2-3-10(7-12)11-5-6-20-8-11/h2-9,16H,1H3,(H3,15,17,18,19)/t9-/m0/s1. The third kappa shape index (κ3) is 3.58. The number of nitrogens with one attached hydrogen (secondary N) is 2. The highest BCUT2D eigenvalue weighted by atomic mass is 32.1. The van der Waals surface area contributed by atoms with Gasteiger partial charge in [-0.15, -0.1) is 0 Å². The number of rotatable bonds is 4. The molecule has 1 atom stereocenters. The Kier molecular flexibility index (Phi) is 4.37. The van der Waals surface area contributed by atoms with Crippen LogP contribution in [0.15, 0.2) is 41.1 Å². The van der Waals surface area contributed by atoms with Gasteiger partial charge in [0.25, 0.3) is 0 Å². The summed E-state index contributed by atoms with van der Waals surface area (Å²) >= 11 is 1.63. The lowest BCUT2D eigenvalue weighted by Gasteiger charge is -2.14. The maximum absolute atomic E-state index is 11.6. The van der Waals surface area contributed by atoms with Crippen LogP contribution in [-0.2, 0) is 4.79 Å². The fraction of sp³-hybridized carbons (Fsp3) is 0.143. The molecule has 0 aliphatic carbocycles. The van der Waals surface area contributed by atoms with Gasteiger partial charge in [-0.05, 0) is 47.0 Å². The van der Waals surface area contributed by atoms with Gasteiger partial charge in [-0.3, -0.25) is 10.1 Å². The minimum Gasteiger partial charge on any atom is -0.374 e. The average Bonchev–Trinajstić information content (AvgIpc) is 2.92. The molecule has 20 heavy (non-hydrogen) atoms. The van der Waals surface area contributed by atoms with Crippen LogP contribution < -0.4 is 16.4 Å². The van der Waals surface area contributed by atoms with Crippen LogP contribution in [0.4, 0.5) is 10.5 Å². The lowest BCUT2D eigenvalue weighted by molar-refractivity contribution is -0.120. The van der Waals surface area contributed by atoms with Crippen LogP contribution in [0, 0.1) is 0 Å². The van der Waals surface area contributed by atoms with E-state index in [4.69, 9.17) is 5.73 Å². The SMILES string of the molecule is C[C@H](Nc1cccc(-c2ccsc2)c1)C(=O)NC(N)=O. The third-order valence-corrected chi connectivity index (χ3v) is 3.42. The Morgan fingerprint density at radius 1 is 1.25 bits per heavy atom. The number of carbonyl (C=O) groups is 2. The number of benzene rings is 1. The van der Waals surface area contributed by atoms with Gasteiger partial charge in [0.15, 0.2) is 0 Å². The number of primary amides is 1. The molecule has 0 saturated heterocycles. The molecule has 0 fully saturated rings. The third-order valence-electron chi connectivity index (χ3n) is 2.74. The van der Waals surface area contributed by atoms with Crippen LogP contribution >= 0.6 is 11.3 Å². The zero-order valence-corrected chi connectivity index (χ0v) is 11.7. The summed E-state index contributed by atoms with van der Waals surface area (Å²) in [7, 11) is 0. The Hall–Kier alpha value is -2.34. The summed E-state index contributed by atoms with van der Waals surface area (Å²) in [5.41, 5.74) is 7.92. The molecule has 104 valence electrons. The topological polar surface area (TPSA) is 84.2 Å². The highest BCUT2D eigenvalue weighted by molar-refractivity contribution is 7.08. The summed E-state index contributed by atoms with van der Waals surface area (Å²) in [6.07, 6.45) is 0. The molecule has 0 saturated carbocycles. The zero-order chi connectivity index (χ0) is 14.5. The van der Waals surface area contributed by atoms with Crippen LogP contribution in [0.1, 0.15) is 6.92 Å². The minimum atomic E-state index is -0.851. The molecule has 1 aromatic heterocycles. The average molecular weight is 289 g/mol. The van der Waals surface area contributed by atoms with E-state index in [-0.39, 0.29) is 0 Å². The van der Waals surface area contributed by atoms with Crippen molar-refractivity contribution < 1.29 is 9.59 Å². The Morgan fingerprint density at radius 2 is 2.05 bits per heavy atom. The normalized spacial score (nSPS) is 11.7. The van der Waals surface area contributed by atoms with Crippen LogP contribution in [0.5, 0.6) is 0 Å². The van der Waals surface area contributed by atoms with Crippen LogP contribution in [0.2, 0.25) is 0 Å². The van der Waals surface area contributed by atoms with Crippen molar-refractivity contribution in [2.45, 2.75) is 13.0 Å². The van der Waals surface area contributed by atoms with Crippen LogP contribution in [-0.4, -0.2) is 18.0 Å². The Balaban J connectivity index is 2.08. The van der Waals surface area contributed by atoms with E-state index in [9.17, 15) is 9.59 Å². The molecular weight excluding hydrogens is 274 g/mol. The number of anilines is 1. The minimum absolute atomic E-state index is 0.460. The molecule has 0 spiro atoms. The molecule has 1 heterocycles. The Labute approximate surface area is 120 Å².